The van der Waals surface area contributed by atoms with Gasteiger partial charge in [-0.1, -0.05) is 18.2 Å². The Kier molecular flexibility index (Phi) is 6.56. The third-order valence-electron chi connectivity index (χ3n) is 3.02. The quantitative estimate of drug-likeness (QED) is 0.474. The first-order valence-corrected chi connectivity index (χ1v) is 8.71. The molecular formula is C17H19N5O3S. The topological polar surface area (TPSA) is 104 Å². The van der Waals surface area contributed by atoms with E-state index in [0.29, 0.717) is 16.5 Å². The summed E-state index contributed by atoms with van der Waals surface area (Å²) in [5.74, 6) is -1.80. The van der Waals surface area contributed by atoms with Crippen molar-refractivity contribution in [1.82, 2.24) is 15.7 Å². The molecule has 2 N–H and O–H groups in total. The Balaban J connectivity index is 2.06. The van der Waals surface area contributed by atoms with E-state index in [1.807, 2.05) is 30.3 Å². The molecule has 136 valence electrons. The first kappa shape index (κ1) is 19.3. The number of thiazole rings is 1. The van der Waals surface area contributed by atoms with Crippen LogP contribution in [0, 0.1) is 0 Å². The molecule has 0 atom stereocenters. The molecule has 0 aliphatic heterocycles. The molecule has 2 rings (SSSR count). The molecule has 26 heavy (non-hydrogen) atoms. The van der Waals surface area contributed by atoms with Crippen molar-refractivity contribution in [3.63, 3.8) is 0 Å². The molecule has 0 radical (unpaired) electrons. The number of hydrazone groups is 1. The van der Waals surface area contributed by atoms with E-state index >= 15 is 0 Å². The fraction of sp³-hybridized carbons (Fsp3) is 0.235. The lowest BCUT2D eigenvalue weighted by molar-refractivity contribution is -0.139. The molecule has 1 aromatic heterocycles. The van der Waals surface area contributed by atoms with Crippen LogP contribution in [0.4, 0.5) is 10.8 Å². The first-order chi connectivity index (χ1) is 12.4. The van der Waals surface area contributed by atoms with Gasteiger partial charge in [0, 0.05) is 18.3 Å². The molecule has 8 nitrogen and oxygen atoms in total. The van der Waals surface area contributed by atoms with Crippen molar-refractivity contribution >= 4 is 46.1 Å². The van der Waals surface area contributed by atoms with Crippen LogP contribution in [0.1, 0.15) is 26.5 Å². The van der Waals surface area contributed by atoms with Gasteiger partial charge in [0.05, 0.1) is 17.6 Å². The van der Waals surface area contributed by atoms with Crippen LogP contribution in [0.2, 0.25) is 0 Å². The van der Waals surface area contributed by atoms with Gasteiger partial charge >= 0.3 is 11.8 Å². The second kappa shape index (κ2) is 8.86. The number of rotatable bonds is 5. The smallest absolute Gasteiger partial charge is 0.329 e. The molecule has 0 unspecified atom stereocenters. The van der Waals surface area contributed by atoms with Gasteiger partial charge in [0.2, 0.25) is 5.91 Å². The predicted molar refractivity (Wildman–Crippen MR) is 100 cm³/mol. The molecule has 2 aromatic rings. The van der Waals surface area contributed by atoms with Gasteiger partial charge < -0.3 is 5.32 Å². The zero-order valence-electron chi connectivity index (χ0n) is 14.6. The highest BCUT2D eigenvalue weighted by Gasteiger charge is 2.17. The number of nitrogens with zero attached hydrogens (tertiary/aromatic N) is 3. The zero-order valence-corrected chi connectivity index (χ0v) is 15.4. The van der Waals surface area contributed by atoms with Crippen LogP contribution in [0.25, 0.3) is 0 Å². The second-order valence-corrected chi connectivity index (χ2v) is 6.41. The minimum Gasteiger partial charge on any atom is -0.346 e. The molecule has 0 fully saturated rings. The summed E-state index contributed by atoms with van der Waals surface area (Å²) in [5.41, 5.74) is 3.29. The van der Waals surface area contributed by atoms with Gasteiger partial charge in [-0.15, -0.1) is 11.3 Å². The van der Waals surface area contributed by atoms with Gasteiger partial charge in [0.25, 0.3) is 0 Å². The molecule has 1 aromatic carbocycles. The van der Waals surface area contributed by atoms with Crippen molar-refractivity contribution in [3.05, 3.63) is 41.4 Å². The summed E-state index contributed by atoms with van der Waals surface area (Å²) in [6.45, 7) is 4.95. The third-order valence-corrected chi connectivity index (χ3v) is 3.86. The van der Waals surface area contributed by atoms with E-state index in [0.717, 1.165) is 0 Å². The van der Waals surface area contributed by atoms with Crippen molar-refractivity contribution in [2.24, 2.45) is 5.10 Å². The zero-order chi connectivity index (χ0) is 19.1. The minimum absolute atomic E-state index is 0.145. The van der Waals surface area contributed by atoms with Crippen LogP contribution in [-0.4, -0.2) is 35.0 Å². The van der Waals surface area contributed by atoms with E-state index < -0.39 is 11.8 Å². The van der Waals surface area contributed by atoms with Crippen molar-refractivity contribution in [1.29, 1.82) is 0 Å². The third kappa shape index (κ3) is 5.21. The maximum atomic E-state index is 12.0. The number of hydrogen-bond donors (Lipinski definition) is 2. The van der Waals surface area contributed by atoms with Crippen molar-refractivity contribution in [2.45, 2.75) is 26.8 Å². The van der Waals surface area contributed by atoms with E-state index in [2.05, 4.69) is 20.8 Å². The largest absolute Gasteiger partial charge is 0.346 e. The van der Waals surface area contributed by atoms with E-state index in [9.17, 15) is 14.4 Å². The van der Waals surface area contributed by atoms with Gasteiger partial charge in [-0.3, -0.25) is 19.3 Å². The average Bonchev–Trinajstić information content (AvgIpc) is 3.03. The number of hydrogen-bond acceptors (Lipinski definition) is 6. The number of nitrogens with one attached hydrogen (secondary N) is 2. The van der Waals surface area contributed by atoms with E-state index in [-0.39, 0.29) is 11.9 Å². The maximum Gasteiger partial charge on any atom is 0.329 e. The lowest BCUT2D eigenvalue weighted by Gasteiger charge is -2.17. The number of amides is 3. The Morgan fingerprint density at radius 1 is 1.19 bits per heavy atom. The Hall–Kier alpha value is -3.07. The fourth-order valence-electron chi connectivity index (χ4n) is 1.98. The highest BCUT2D eigenvalue weighted by molar-refractivity contribution is 7.14. The van der Waals surface area contributed by atoms with Gasteiger partial charge in [-0.2, -0.15) is 5.10 Å². The van der Waals surface area contributed by atoms with Crippen LogP contribution in [-0.2, 0) is 14.4 Å². The normalized spacial score (nSPS) is 10.8. The molecule has 0 bridgehead atoms. The first-order valence-electron chi connectivity index (χ1n) is 7.83. The molecule has 9 heteroatoms. The SMILES string of the molecule is CC(=O)N(c1ccccc1)c1nc(/C=N\NC(=O)C(=O)NC(C)C)cs1. The summed E-state index contributed by atoms with van der Waals surface area (Å²) in [4.78, 5) is 40.8. The summed E-state index contributed by atoms with van der Waals surface area (Å²) >= 11 is 1.27. The molecule has 0 spiro atoms. The highest BCUT2D eigenvalue weighted by atomic mass is 32.1. The monoisotopic (exact) mass is 373 g/mol. The molecule has 0 aliphatic rings. The standard InChI is InChI=1S/C17H19N5O3S/c1-11(2)19-15(24)16(25)21-18-9-13-10-26-17(20-13)22(12(3)23)14-7-5-4-6-8-14/h4-11H,1-3H3,(H,19,24)(H,21,25)/b18-9-. The Bertz CT molecular complexity index is 817. The molecular weight excluding hydrogens is 354 g/mol. The van der Waals surface area contributed by atoms with Crippen LogP contribution in [0.5, 0.6) is 0 Å². The number of aromatic nitrogens is 1. The summed E-state index contributed by atoms with van der Waals surface area (Å²) in [7, 11) is 0. The van der Waals surface area contributed by atoms with E-state index in [4.69, 9.17) is 0 Å². The van der Waals surface area contributed by atoms with Crippen molar-refractivity contribution in [3.8, 4) is 0 Å². The predicted octanol–water partition coefficient (Wildman–Crippen LogP) is 1.80. The van der Waals surface area contributed by atoms with Crippen LogP contribution >= 0.6 is 11.3 Å². The molecule has 0 saturated heterocycles. The number of carbonyl (C=O) groups excluding carboxylic acids is 3. The van der Waals surface area contributed by atoms with Crippen LogP contribution in [0.3, 0.4) is 0 Å². The Morgan fingerprint density at radius 2 is 1.88 bits per heavy atom. The van der Waals surface area contributed by atoms with Crippen molar-refractivity contribution in [2.75, 3.05) is 4.90 Å². The lowest BCUT2D eigenvalue weighted by Crippen LogP contribution is -2.41. The second-order valence-electron chi connectivity index (χ2n) is 5.57. The van der Waals surface area contributed by atoms with E-state index in [1.165, 1.54) is 29.4 Å². The lowest BCUT2D eigenvalue weighted by atomic mass is 10.3. The van der Waals surface area contributed by atoms with Gasteiger partial charge in [0.15, 0.2) is 5.13 Å². The molecule has 1 heterocycles. The van der Waals surface area contributed by atoms with Crippen molar-refractivity contribution < 1.29 is 14.4 Å². The summed E-state index contributed by atoms with van der Waals surface area (Å²) in [5, 5.41) is 8.35. The Labute approximate surface area is 154 Å². The van der Waals surface area contributed by atoms with Gasteiger partial charge in [-0.05, 0) is 26.0 Å². The molecule has 0 saturated carbocycles. The van der Waals surface area contributed by atoms with Crippen LogP contribution in [0.15, 0.2) is 40.8 Å². The maximum absolute atomic E-state index is 12.0. The number of anilines is 2. The molecule has 3 amide bonds. The van der Waals surface area contributed by atoms with Gasteiger partial charge in [0.1, 0.15) is 0 Å². The number of carbonyl (C=O) groups is 3. The Morgan fingerprint density at radius 3 is 2.50 bits per heavy atom. The fourth-order valence-corrected chi connectivity index (χ4v) is 2.81. The number of para-hydroxylation sites is 1. The van der Waals surface area contributed by atoms with Crippen LogP contribution < -0.4 is 15.6 Å². The molecule has 0 aliphatic carbocycles. The summed E-state index contributed by atoms with van der Waals surface area (Å²) in [6, 6.07) is 9.00. The summed E-state index contributed by atoms with van der Waals surface area (Å²) in [6.07, 6.45) is 1.31. The van der Waals surface area contributed by atoms with Gasteiger partial charge in [-0.25, -0.2) is 10.4 Å². The number of benzene rings is 1. The minimum atomic E-state index is -0.861. The average molecular weight is 373 g/mol. The highest BCUT2D eigenvalue weighted by Crippen LogP contribution is 2.28. The van der Waals surface area contributed by atoms with E-state index in [1.54, 1.807) is 19.2 Å². The summed E-state index contributed by atoms with van der Waals surface area (Å²) < 4.78 is 0.